The lowest BCUT2D eigenvalue weighted by atomic mass is 10.1. The second-order valence-electron chi connectivity index (χ2n) is 6.92. The van der Waals surface area contributed by atoms with Gasteiger partial charge >= 0.3 is 5.97 Å². The fraction of sp³-hybridized carbons (Fsp3) is 0.706. The van der Waals surface area contributed by atoms with Crippen LogP contribution >= 0.6 is 11.8 Å². The lowest BCUT2D eigenvalue weighted by molar-refractivity contribution is -0.143. The number of carboxylic acids is 1. The summed E-state index contributed by atoms with van der Waals surface area (Å²) >= 11 is 1.54. The lowest BCUT2D eigenvalue weighted by Gasteiger charge is -2.22. The van der Waals surface area contributed by atoms with E-state index in [1.165, 1.54) is 4.68 Å². The Kier molecular flexibility index (Phi) is 6.15. The number of aromatic nitrogens is 5. The van der Waals surface area contributed by atoms with Crippen LogP contribution < -0.4 is 5.32 Å². The van der Waals surface area contributed by atoms with Crippen molar-refractivity contribution in [3.63, 3.8) is 0 Å². The molecule has 2 aromatic rings. The molecule has 1 aliphatic rings. The predicted molar refractivity (Wildman–Crippen MR) is 103 cm³/mol. The average Bonchev–Trinajstić information content (AvgIpc) is 3.25. The smallest absolute Gasteiger partial charge is 0.306 e. The van der Waals surface area contributed by atoms with E-state index in [9.17, 15) is 15.0 Å². The summed E-state index contributed by atoms with van der Waals surface area (Å²) in [5.74, 6) is 0.000239. The Hall–Kier alpha value is -1.94. The van der Waals surface area contributed by atoms with Crippen molar-refractivity contribution < 1.29 is 15.0 Å². The van der Waals surface area contributed by atoms with E-state index in [1.807, 2.05) is 0 Å². The third-order valence-corrected chi connectivity index (χ3v) is 5.80. The number of fused-ring (bicyclic) bond motifs is 1. The molecule has 0 saturated heterocycles. The maximum absolute atomic E-state index is 11.3. The van der Waals surface area contributed by atoms with Crippen molar-refractivity contribution >= 4 is 34.7 Å². The summed E-state index contributed by atoms with van der Waals surface area (Å²) in [4.78, 5) is 20.4. The van der Waals surface area contributed by atoms with Crippen molar-refractivity contribution in [2.75, 3.05) is 17.6 Å². The van der Waals surface area contributed by atoms with E-state index in [4.69, 9.17) is 0 Å². The van der Waals surface area contributed by atoms with Gasteiger partial charge in [0.1, 0.15) is 0 Å². The van der Waals surface area contributed by atoms with E-state index in [1.54, 1.807) is 11.8 Å². The van der Waals surface area contributed by atoms with Crippen LogP contribution in [-0.4, -0.2) is 53.4 Å². The molecule has 10 heteroatoms. The standard InChI is InChI=1S/C17H26N6O3S/c1-3-5-8-18-13-12-14(20-16(19-13)27-9-4-2)23(22-21-12)17(26)7-6-11(10-17)15(24)25/h11,26H,3-10H2,1-2H3,(H,24,25)(H,18,19,20). The molecule has 3 rings (SSSR count). The van der Waals surface area contributed by atoms with E-state index in [2.05, 4.69) is 39.4 Å². The van der Waals surface area contributed by atoms with Gasteiger partial charge in [-0.3, -0.25) is 4.79 Å². The summed E-state index contributed by atoms with van der Waals surface area (Å²) in [6, 6.07) is 0. The van der Waals surface area contributed by atoms with Gasteiger partial charge < -0.3 is 15.5 Å². The summed E-state index contributed by atoms with van der Waals surface area (Å²) in [5.41, 5.74) is -0.449. The van der Waals surface area contributed by atoms with Crippen LogP contribution in [0.4, 0.5) is 5.82 Å². The third-order valence-electron chi connectivity index (χ3n) is 4.75. The number of carbonyl (C=O) groups is 1. The first-order valence-electron chi connectivity index (χ1n) is 9.44. The van der Waals surface area contributed by atoms with Gasteiger partial charge in [0.25, 0.3) is 0 Å². The van der Waals surface area contributed by atoms with Gasteiger partial charge in [0, 0.05) is 18.7 Å². The number of anilines is 1. The zero-order valence-electron chi connectivity index (χ0n) is 15.7. The van der Waals surface area contributed by atoms with Crippen molar-refractivity contribution in [3.8, 4) is 0 Å². The summed E-state index contributed by atoms with van der Waals surface area (Å²) in [7, 11) is 0. The van der Waals surface area contributed by atoms with E-state index >= 15 is 0 Å². The number of carboxylic acid groups (broad SMARTS) is 1. The van der Waals surface area contributed by atoms with Crippen LogP contribution in [0.3, 0.4) is 0 Å². The fourth-order valence-electron chi connectivity index (χ4n) is 3.25. The van der Waals surface area contributed by atoms with Crippen molar-refractivity contribution in [1.82, 2.24) is 25.0 Å². The maximum atomic E-state index is 11.3. The molecule has 0 amide bonds. The minimum Gasteiger partial charge on any atom is -0.481 e. The number of rotatable bonds is 9. The summed E-state index contributed by atoms with van der Waals surface area (Å²) in [6.45, 7) is 4.97. The SMILES string of the molecule is CCCCNc1nc(SCCC)nc2c1nnn2C1(O)CCC(C(=O)O)C1. The van der Waals surface area contributed by atoms with Gasteiger partial charge in [-0.2, -0.15) is 4.68 Å². The van der Waals surface area contributed by atoms with Gasteiger partial charge in [-0.15, -0.1) is 5.10 Å². The number of hydrogen-bond acceptors (Lipinski definition) is 8. The van der Waals surface area contributed by atoms with Crippen molar-refractivity contribution in [1.29, 1.82) is 0 Å². The number of thioether (sulfide) groups is 1. The van der Waals surface area contributed by atoms with Crippen LogP contribution in [-0.2, 0) is 10.5 Å². The minimum absolute atomic E-state index is 0.0980. The highest BCUT2D eigenvalue weighted by Crippen LogP contribution is 2.39. The Morgan fingerprint density at radius 3 is 2.85 bits per heavy atom. The van der Waals surface area contributed by atoms with Gasteiger partial charge in [-0.05, 0) is 25.7 Å². The molecule has 1 fully saturated rings. The zero-order valence-corrected chi connectivity index (χ0v) is 16.5. The summed E-state index contributed by atoms with van der Waals surface area (Å²) in [6.07, 6.45) is 3.86. The Labute approximate surface area is 162 Å². The van der Waals surface area contributed by atoms with Crippen molar-refractivity contribution in [3.05, 3.63) is 0 Å². The van der Waals surface area contributed by atoms with Crippen LogP contribution in [0.5, 0.6) is 0 Å². The van der Waals surface area contributed by atoms with E-state index in [-0.39, 0.29) is 6.42 Å². The molecular weight excluding hydrogens is 368 g/mol. The molecule has 0 aliphatic heterocycles. The van der Waals surface area contributed by atoms with E-state index < -0.39 is 17.6 Å². The third kappa shape index (κ3) is 4.16. The average molecular weight is 395 g/mol. The summed E-state index contributed by atoms with van der Waals surface area (Å²) < 4.78 is 1.38. The molecule has 0 bridgehead atoms. The number of nitrogens with zero attached hydrogens (tertiary/aromatic N) is 5. The minimum atomic E-state index is -1.39. The van der Waals surface area contributed by atoms with Gasteiger partial charge in [-0.25, -0.2) is 9.97 Å². The number of unbranched alkanes of at least 4 members (excludes halogenated alkanes) is 1. The molecule has 3 N–H and O–H groups in total. The van der Waals surface area contributed by atoms with Crippen molar-refractivity contribution in [2.24, 2.45) is 5.92 Å². The van der Waals surface area contributed by atoms with Gasteiger partial charge in [0.15, 0.2) is 27.9 Å². The zero-order chi connectivity index (χ0) is 19.4. The molecule has 0 radical (unpaired) electrons. The Bertz CT molecular complexity index is 813. The lowest BCUT2D eigenvalue weighted by Crippen LogP contribution is -2.32. The first-order valence-corrected chi connectivity index (χ1v) is 10.4. The maximum Gasteiger partial charge on any atom is 0.306 e. The number of hydrogen-bond donors (Lipinski definition) is 3. The highest BCUT2D eigenvalue weighted by Gasteiger charge is 2.44. The largest absolute Gasteiger partial charge is 0.481 e. The van der Waals surface area contributed by atoms with Crippen molar-refractivity contribution in [2.45, 2.75) is 63.3 Å². The van der Waals surface area contributed by atoms with E-state index in [0.29, 0.717) is 35.0 Å². The topological polar surface area (TPSA) is 126 Å². The molecular formula is C17H26N6O3S. The quantitative estimate of drug-likeness (QED) is 0.334. The van der Waals surface area contributed by atoms with Crippen LogP contribution in [0.2, 0.25) is 0 Å². The predicted octanol–water partition coefficient (Wildman–Crippen LogP) is 2.47. The molecule has 2 unspecified atom stereocenters. The monoisotopic (exact) mass is 394 g/mol. The molecule has 148 valence electrons. The van der Waals surface area contributed by atoms with Gasteiger partial charge in [0.05, 0.1) is 5.92 Å². The fourth-order valence-corrected chi connectivity index (χ4v) is 3.94. The molecule has 9 nitrogen and oxygen atoms in total. The van der Waals surface area contributed by atoms with Crippen LogP contribution in [0.1, 0.15) is 52.4 Å². The molecule has 2 atom stereocenters. The molecule has 0 aromatic carbocycles. The molecule has 27 heavy (non-hydrogen) atoms. The highest BCUT2D eigenvalue weighted by molar-refractivity contribution is 7.99. The van der Waals surface area contributed by atoms with Gasteiger partial charge in [-0.1, -0.05) is 37.2 Å². The molecule has 1 aliphatic carbocycles. The van der Waals surface area contributed by atoms with Crippen LogP contribution in [0.15, 0.2) is 5.16 Å². The Balaban J connectivity index is 1.99. The molecule has 2 heterocycles. The number of nitrogens with one attached hydrogen (secondary N) is 1. The van der Waals surface area contributed by atoms with Gasteiger partial charge in [0.2, 0.25) is 0 Å². The molecule has 0 spiro atoms. The number of aliphatic carboxylic acids is 1. The normalized spacial score (nSPS) is 22.4. The Morgan fingerprint density at radius 2 is 2.19 bits per heavy atom. The molecule has 1 saturated carbocycles. The van der Waals surface area contributed by atoms with Crippen LogP contribution in [0.25, 0.3) is 11.2 Å². The number of aliphatic hydroxyl groups is 1. The second-order valence-corrected chi connectivity index (χ2v) is 7.98. The van der Waals surface area contributed by atoms with Crippen LogP contribution in [0, 0.1) is 5.92 Å². The first-order chi connectivity index (χ1) is 13.0. The first kappa shape index (κ1) is 19.8. The second kappa shape index (κ2) is 8.39. The highest BCUT2D eigenvalue weighted by atomic mass is 32.2. The molecule has 2 aromatic heterocycles. The Morgan fingerprint density at radius 1 is 1.37 bits per heavy atom. The van der Waals surface area contributed by atoms with E-state index in [0.717, 1.165) is 31.6 Å². The summed E-state index contributed by atoms with van der Waals surface area (Å²) in [5, 5.41) is 32.5.